The number of benzene rings is 1. The van der Waals surface area contributed by atoms with Crippen LogP contribution in [0.25, 0.3) is 11.3 Å². The van der Waals surface area contributed by atoms with Gasteiger partial charge in [-0.25, -0.2) is 9.37 Å². The van der Waals surface area contributed by atoms with Crippen LogP contribution in [0.15, 0.2) is 29.1 Å². The highest BCUT2D eigenvalue weighted by Gasteiger charge is 2.29. The zero-order valence-corrected chi connectivity index (χ0v) is 12.0. The Hall–Kier alpha value is -1.42. The Morgan fingerprint density at radius 1 is 1.26 bits per heavy atom. The maximum absolute atomic E-state index is 14.4. The third-order valence-corrected chi connectivity index (χ3v) is 4.49. The summed E-state index contributed by atoms with van der Waals surface area (Å²) in [5, 5.41) is 1.94. The monoisotopic (exact) mass is 276 g/mol. The van der Waals surface area contributed by atoms with Crippen LogP contribution in [0.5, 0.6) is 0 Å². The molecule has 1 aromatic heterocycles. The standard InChI is InChI=1S/C15H17FN2S/c1-10-3-4-11(2)18(10)15-6-5-12(7-13(15)16)14-8-19-9-17-14/h5-11H,3-4H2,1-2H3. The van der Waals surface area contributed by atoms with Crippen LogP contribution in [-0.4, -0.2) is 17.1 Å². The molecule has 0 aliphatic carbocycles. The summed E-state index contributed by atoms with van der Waals surface area (Å²) in [5.74, 6) is -0.147. The molecular formula is C15H17FN2S. The number of rotatable bonds is 2. The summed E-state index contributed by atoms with van der Waals surface area (Å²) >= 11 is 1.53. The first-order chi connectivity index (χ1) is 9.16. The molecule has 2 unspecified atom stereocenters. The predicted octanol–water partition coefficient (Wildman–Crippen LogP) is 4.33. The minimum absolute atomic E-state index is 0.147. The molecule has 0 saturated carbocycles. The number of aromatic nitrogens is 1. The molecule has 1 aliphatic rings. The summed E-state index contributed by atoms with van der Waals surface area (Å²) in [6.07, 6.45) is 2.27. The molecule has 1 aromatic carbocycles. The van der Waals surface area contributed by atoms with Gasteiger partial charge in [-0.15, -0.1) is 11.3 Å². The van der Waals surface area contributed by atoms with Crippen molar-refractivity contribution < 1.29 is 4.39 Å². The van der Waals surface area contributed by atoms with Crippen LogP contribution in [0, 0.1) is 5.82 Å². The lowest BCUT2D eigenvalue weighted by Crippen LogP contribution is -2.33. The number of hydrogen-bond donors (Lipinski definition) is 0. The van der Waals surface area contributed by atoms with Gasteiger partial charge < -0.3 is 4.90 Å². The van der Waals surface area contributed by atoms with Gasteiger partial charge in [0.1, 0.15) is 5.82 Å². The van der Waals surface area contributed by atoms with E-state index >= 15 is 0 Å². The van der Waals surface area contributed by atoms with Crippen molar-refractivity contribution in [1.82, 2.24) is 4.98 Å². The van der Waals surface area contributed by atoms with Crippen molar-refractivity contribution in [3.63, 3.8) is 0 Å². The van der Waals surface area contributed by atoms with Crippen LogP contribution in [0.2, 0.25) is 0 Å². The van der Waals surface area contributed by atoms with E-state index in [1.165, 1.54) is 11.3 Å². The Kier molecular flexibility index (Phi) is 3.27. The van der Waals surface area contributed by atoms with Crippen molar-refractivity contribution in [2.24, 2.45) is 0 Å². The van der Waals surface area contributed by atoms with E-state index in [-0.39, 0.29) is 5.82 Å². The second-order valence-electron chi connectivity index (χ2n) is 5.22. The molecule has 2 heterocycles. The topological polar surface area (TPSA) is 16.1 Å². The van der Waals surface area contributed by atoms with Crippen LogP contribution in [0.4, 0.5) is 10.1 Å². The van der Waals surface area contributed by atoms with Crippen LogP contribution in [0.1, 0.15) is 26.7 Å². The molecule has 2 nitrogen and oxygen atoms in total. The summed E-state index contributed by atoms with van der Waals surface area (Å²) in [7, 11) is 0. The van der Waals surface area contributed by atoms with E-state index in [1.54, 1.807) is 11.6 Å². The number of halogens is 1. The number of nitrogens with zero attached hydrogens (tertiary/aromatic N) is 2. The molecule has 4 heteroatoms. The zero-order valence-electron chi connectivity index (χ0n) is 11.1. The first-order valence-corrected chi connectivity index (χ1v) is 7.57. The van der Waals surface area contributed by atoms with E-state index in [0.29, 0.717) is 12.1 Å². The molecule has 2 aromatic rings. The molecule has 1 aliphatic heterocycles. The third-order valence-electron chi connectivity index (χ3n) is 3.91. The molecule has 100 valence electrons. The van der Waals surface area contributed by atoms with Gasteiger partial charge in [0.05, 0.1) is 16.9 Å². The highest BCUT2D eigenvalue weighted by molar-refractivity contribution is 7.07. The quantitative estimate of drug-likeness (QED) is 0.811. The van der Waals surface area contributed by atoms with Gasteiger partial charge in [0.15, 0.2) is 0 Å². The van der Waals surface area contributed by atoms with Crippen molar-refractivity contribution in [3.8, 4) is 11.3 Å². The molecular weight excluding hydrogens is 259 g/mol. The Labute approximate surface area is 116 Å². The van der Waals surface area contributed by atoms with Gasteiger partial charge in [-0.3, -0.25) is 0 Å². The zero-order chi connectivity index (χ0) is 13.4. The van der Waals surface area contributed by atoms with E-state index in [9.17, 15) is 4.39 Å². The number of thiazole rings is 1. The van der Waals surface area contributed by atoms with Gasteiger partial charge in [0.2, 0.25) is 0 Å². The average molecular weight is 276 g/mol. The summed E-state index contributed by atoms with van der Waals surface area (Å²) in [6.45, 7) is 4.33. The molecule has 0 N–H and O–H groups in total. The van der Waals surface area contributed by atoms with Crippen molar-refractivity contribution in [1.29, 1.82) is 0 Å². The van der Waals surface area contributed by atoms with E-state index in [4.69, 9.17) is 0 Å². The van der Waals surface area contributed by atoms with Gasteiger partial charge >= 0.3 is 0 Å². The summed E-state index contributed by atoms with van der Waals surface area (Å²) in [5.41, 5.74) is 4.18. The fraction of sp³-hybridized carbons (Fsp3) is 0.400. The Morgan fingerprint density at radius 2 is 2.00 bits per heavy atom. The Morgan fingerprint density at radius 3 is 2.58 bits per heavy atom. The number of hydrogen-bond acceptors (Lipinski definition) is 3. The molecule has 0 bridgehead atoms. The van der Waals surface area contributed by atoms with Crippen LogP contribution in [-0.2, 0) is 0 Å². The molecule has 1 saturated heterocycles. The summed E-state index contributed by atoms with van der Waals surface area (Å²) in [4.78, 5) is 6.42. The predicted molar refractivity (Wildman–Crippen MR) is 78.1 cm³/mol. The molecule has 1 fully saturated rings. The number of anilines is 1. The summed E-state index contributed by atoms with van der Waals surface area (Å²) in [6, 6.07) is 6.28. The Bertz CT molecular complexity index is 558. The summed E-state index contributed by atoms with van der Waals surface area (Å²) < 4.78 is 14.4. The maximum Gasteiger partial charge on any atom is 0.147 e. The minimum Gasteiger partial charge on any atom is -0.364 e. The van der Waals surface area contributed by atoms with Gasteiger partial charge in [0.25, 0.3) is 0 Å². The van der Waals surface area contributed by atoms with Gasteiger partial charge in [-0.2, -0.15) is 0 Å². The van der Waals surface area contributed by atoms with E-state index < -0.39 is 0 Å². The SMILES string of the molecule is CC1CCC(C)N1c1ccc(-c2cscn2)cc1F. The van der Waals surface area contributed by atoms with E-state index in [1.807, 2.05) is 17.5 Å². The van der Waals surface area contributed by atoms with Crippen molar-refractivity contribution in [3.05, 3.63) is 34.9 Å². The largest absolute Gasteiger partial charge is 0.364 e. The van der Waals surface area contributed by atoms with E-state index in [0.717, 1.165) is 29.8 Å². The highest BCUT2D eigenvalue weighted by Crippen LogP contribution is 2.33. The van der Waals surface area contributed by atoms with Crippen molar-refractivity contribution in [2.45, 2.75) is 38.8 Å². The molecule has 2 atom stereocenters. The lowest BCUT2D eigenvalue weighted by atomic mass is 10.1. The van der Waals surface area contributed by atoms with Gasteiger partial charge in [-0.1, -0.05) is 6.07 Å². The van der Waals surface area contributed by atoms with Gasteiger partial charge in [0, 0.05) is 23.0 Å². The minimum atomic E-state index is -0.147. The average Bonchev–Trinajstić information content (AvgIpc) is 3.01. The first kappa shape index (κ1) is 12.6. The molecule has 0 amide bonds. The lowest BCUT2D eigenvalue weighted by Gasteiger charge is -2.29. The fourth-order valence-corrected chi connectivity index (χ4v) is 3.46. The second kappa shape index (κ2) is 4.93. The van der Waals surface area contributed by atoms with Crippen LogP contribution in [0.3, 0.4) is 0 Å². The molecule has 0 spiro atoms. The van der Waals surface area contributed by atoms with Crippen LogP contribution < -0.4 is 4.90 Å². The smallest absolute Gasteiger partial charge is 0.147 e. The normalized spacial score (nSPS) is 23.0. The first-order valence-electron chi connectivity index (χ1n) is 6.63. The van der Waals surface area contributed by atoms with Gasteiger partial charge in [-0.05, 0) is 38.8 Å². The highest BCUT2D eigenvalue weighted by atomic mass is 32.1. The van der Waals surface area contributed by atoms with Crippen molar-refractivity contribution >= 4 is 17.0 Å². The van der Waals surface area contributed by atoms with Crippen LogP contribution >= 0.6 is 11.3 Å². The molecule has 0 radical (unpaired) electrons. The molecule has 3 rings (SSSR count). The van der Waals surface area contributed by atoms with Crippen molar-refractivity contribution in [2.75, 3.05) is 4.90 Å². The van der Waals surface area contributed by atoms with E-state index in [2.05, 4.69) is 23.7 Å². The molecule has 19 heavy (non-hydrogen) atoms. The second-order valence-corrected chi connectivity index (χ2v) is 5.94. The Balaban J connectivity index is 1.96. The fourth-order valence-electron chi connectivity index (χ4n) is 2.90. The maximum atomic E-state index is 14.4. The third kappa shape index (κ3) is 2.25. The lowest BCUT2D eigenvalue weighted by molar-refractivity contribution is 0.601.